The first-order chi connectivity index (χ1) is 23.1. The summed E-state index contributed by atoms with van der Waals surface area (Å²) in [4.78, 5) is 12.3. The third-order valence-corrected chi connectivity index (χ3v) is 10.3. The summed E-state index contributed by atoms with van der Waals surface area (Å²) >= 11 is 0. The lowest BCUT2D eigenvalue weighted by molar-refractivity contribution is 0.153. The molecule has 8 rings (SSSR count). The molecule has 5 heteroatoms. The molecule has 0 saturated heterocycles. The Balaban J connectivity index is 1.23. The van der Waals surface area contributed by atoms with Gasteiger partial charge in [-0.1, -0.05) is 95.6 Å². The Labute approximate surface area is 284 Å². The standard InChI is InChI=1S/C43H43N3O2/c1-42(2,3)31-21-22-44-40(26-31)46-37-17-11-9-15-34(37)43(4,5)35-20-19-32(27-38(35)46)47-33-24-29(28-13-7-6-8-14-28)23-30(25-33)41-45-36-16-10-12-18-39(36)48-41/h6-9,11,13-15,17,19-27,36,39H,10,12,16,18H2,1-5H3/t36-,39+/m1/s1. The quantitative estimate of drug-likeness (QED) is 0.193. The van der Waals surface area contributed by atoms with E-state index in [0.717, 1.165) is 64.1 Å². The van der Waals surface area contributed by atoms with Crippen LogP contribution in [0.1, 0.15) is 82.6 Å². The van der Waals surface area contributed by atoms with Crippen LogP contribution in [0.5, 0.6) is 11.5 Å². The van der Waals surface area contributed by atoms with Gasteiger partial charge < -0.3 is 9.47 Å². The number of anilines is 3. The molecule has 1 fully saturated rings. The summed E-state index contributed by atoms with van der Waals surface area (Å²) in [7, 11) is 0. The Morgan fingerprint density at radius 3 is 2.29 bits per heavy atom. The maximum absolute atomic E-state index is 6.79. The first kappa shape index (κ1) is 30.4. The summed E-state index contributed by atoms with van der Waals surface area (Å²) in [6.07, 6.45) is 6.69. The fourth-order valence-electron chi connectivity index (χ4n) is 7.56. The molecule has 48 heavy (non-hydrogen) atoms. The number of aromatic nitrogens is 1. The number of para-hydroxylation sites is 1. The van der Waals surface area contributed by atoms with Gasteiger partial charge in [0, 0.05) is 23.2 Å². The van der Waals surface area contributed by atoms with Crippen LogP contribution in [0.4, 0.5) is 17.2 Å². The van der Waals surface area contributed by atoms with Crippen LogP contribution in [0.2, 0.25) is 0 Å². The van der Waals surface area contributed by atoms with Crippen molar-refractivity contribution in [1.29, 1.82) is 0 Å². The highest BCUT2D eigenvalue weighted by Gasteiger charge is 2.38. The molecule has 5 aromatic rings. The van der Waals surface area contributed by atoms with Crippen LogP contribution < -0.4 is 9.64 Å². The van der Waals surface area contributed by atoms with Gasteiger partial charge in [0.25, 0.3) is 0 Å². The number of rotatable bonds is 5. The Morgan fingerprint density at radius 1 is 0.729 bits per heavy atom. The Morgan fingerprint density at radius 2 is 1.48 bits per heavy atom. The van der Waals surface area contributed by atoms with Gasteiger partial charge in [0.1, 0.15) is 23.4 Å². The van der Waals surface area contributed by atoms with E-state index in [4.69, 9.17) is 19.5 Å². The van der Waals surface area contributed by atoms with Crippen molar-refractivity contribution in [1.82, 2.24) is 4.98 Å². The number of benzene rings is 4. The number of hydrogen-bond acceptors (Lipinski definition) is 5. The maximum atomic E-state index is 6.79. The molecule has 0 spiro atoms. The van der Waals surface area contributed by atoms with Crippen molar-refractivity contribution in [2.24, 2.45) is 4.99 Å². The zero-order valence-corrected chi connectivity index (χ0v) is 28.5. The molecule has 0 unspecified atom stereocenters. The van der Waals surface area contributed by atoms with Gasteiger partial charge in [-0.05, 0) is 95.0 Å². The molecule has 2 aliphatic heterocycles. The summed E-state index contributed by atoms with van der Waals surface area (Å²) in [6.45, 7) is 11.3. The highest BCUT2D eigenvalue weighted by Crippen LogP contribution is 2.52. The van der Waals surface area contributed by atoms with Crippen molar-refractivity contribution in [3.8, 4) is 22.6 Å². The second kappa shape index (κ2) is 11.7. The molecule has 3 heterocycles. The molecular formula is C43H43N3O2. The number of fused-ring (bicyclic) bond motifs is 3. The van der Waals surface area contributed by atoms with Gasteiger partial charge in [-0.3, -0.25) is 4.90 Å². The molecule has 0 N–H and O–H groups in total. The van der Waals surface area contributed by atoms with Crippen LogP contribution in [0.3, 0.4) is 0 Å². The van der Waals surface area contributed by atoms with E-state index in [2.05, 4.69) is 137 Å². The molecule has 4 aromatic carbocycles. The van der Waals surface area contributed by atoms with E-state index in [0.29, 0.717) is 0 Å². The molecule has 1 aromatic heterocycles. The van der Waals surface area contributed by atoms with Crippen molar-refractivity contribution in [3.63, 3.8) is 0 Å². The highest BCUT2D eigenvalue weighted by atomic mass is 16.5. The Kier molecular flexibility index (Phi) is 7.39. The van der Waals surface area contributed by atoms with Gasteiger partial charge in [0.2, 0.25) is 5.90 Å². The first-order valence-electron chi connectivity index (χ1n) is 17.3. The molecule has 1 aliphatic carbocycles. The van der Waals surface area contributed by atoms with E-state index < -0.39 is 0 Å². The van der Waals surface area contributed by atoms with Crippen molar-refractivity contribution in [3.05, 3.63) is 132 Å². The smallest absolute Gasteiger partial charge is 0.216 e. The number of pyridine rings is 1. The van der Waals surface area contributed by atoms with E-state index in [9.17, 15) is 0 Å². The Bertz CT molecular complexity index is 2020. The van der Waals surface area contributed by atoms with Crippen molar-refractivity contribution in [2.75, 3.05) is 4.90 Å². The molecule has 0 amide bonds. The first-order valence-corrected chi connectivity index (χ1v) is 17.3. The SMILES string of the molecule is CC(C)(C)c1ccnc(N2c3ccccc3C(C)(C)c3ccc(Oc4cc(C5=N[C@@H]6CCCC[C@@H]6O5)cc(-c5ccccc5)c4)cc32)c1. The van der Waals surface area contributed by atoms with E-state index in [1.165, 1.54) is 29.5 Å². The van der Waals surface area contributed by atoms with Crippen molar-refractivity contribution < 1.29 is 9.47 Å². The molecule has 0 bridgehead atoms. The molecule has 1 saturated carbocycles. The third kappa shape index (κ3) is 5.45. The predicted molar refractivity (Wildman–Crippen MR) is 195 cm³/mol. The minimum absolute atomic E-state index is 0.00730. The zero-order valence-electron chi connectivity index (χ0n) is 28.5. The van der Waals surface area contributed by atoms with Crippen molar-refractivity contribution in [2.45, 2.75) is 83.3 Å². The number of hydrogen-bond donors (Lipinski definition) is 0. The summed E-state index contributed by atoms with van der Waals surface area (Å²) < 4.78 is 13.2. The average molecular weight is 634 g/mol. The van der Waals surface area contributed by atoms with E-state index in [1.54, 1.807) is 0 Å². The van der Waals surface area contributed by atoms with Crippen LogP contribution in [0.15, 0.2) is 114 Å². The van der Waals surface area contributed by atoms with Crippen LogP contribution in [-0.2, 0) is 15.6 Å². The second-order valence-electron chi connectivity index (χ2n) is 15.0. The summed E-state index contributed by atoms with van der Waals surface area (Å²) in [5, 5.41) is 0. The second-order valence-corrected chi connectivity index (χ2v) is 15.0. The maximum Gasteiger partial charge on any atom is 0.216 e. The average Bonchev–Trinajstić information content (AvgIpc) is 3.53. The normalized spacial score (nSPS) is 19.4. The van der Waals surface area contributed by atoms with Gasteiger partial charge in [0.15, 0.2) is 0 Å². The number of ether oxygens (including phenoxy) is 2. The molecule has 5 nitrogen and oxygen atoms in total. The van der Waals surface area contributed by atoms with Gasteiger partial charge in [-0.2, -0.15) is 0 Å². The lowest BCUT2D eigenvalue weighted by atomic mass is 9.73. The molecule has 2 atom stereocenters. The number of nitrogens with zero attached hydrogens (tertiary/aromatic N) is 3. The fraction of sp³-hybridized carbons (Fsp3) is 0.302. The van der Waals surface area contributed by atoms with Gasteiger partial charge in [-0.15, -0.1) is 0 Å². The van der Waals surface area contributed by atoms with Gasteiger partial charge >= 0.3 is 0 Å². The molecular weight excluding hydrogens is 590 g/mol. The predicted octanol–water partition coefficient (Wildman–Crippen LogP) is 11.0. The minimum Gasteiger partial charge on any atom is -0.472 e. The zero-order chi connectivity index (χ0) is 33.0. The van der Waals surface area contributed by atoms with E-state index in [1.807, 2.05) is 12.3 Å². The van der Waals surface area contributed by atoms with Crippen LogP contribution >= 0.6 is 0 Å². The van der Waals surface area contributed by atoms with Gasteiger partial charge in [-0.25, -0.2) is 9.98 Å². The molecule has 242 valence electrons. The fourth-order valence-corrected chi connectivity index (χ4v) is 7.56. The minimum atomic E-state index is -0.211. The van der Waals surface area contributed by atoms with Crippen molar-refractivity contribution >= 4 is 23.1 Å². The summed E-state index contributed by atoms with van der Waals surface area (Å²) in [6, 6.07) is 36.6. The summed E-state index contributed by atoms with van der Waals surface area (Å²) in [5.41, 5.74) is 8.88. The lowest BCUT2D eigenvalue weighted by Crippen LogP contribution is -2.31. The third-order valence-electron chi connectivity index (χ3n) is 10.3. The molecule has 3 aliphatic rings. The van der Waals surface area contributed by atoms with E-state index in [-0.39, 0.29) is 23.0 Å². The topological polar surface area (TPSA) is 47.0 Å². The number of aliphatic imine (C=N–C) groups is 1. The van der Waals surface area contributed by atoms with Gasteiger partial charge in [0.05, 0.1) is 17.4 Å². The van der Waals surface area contributed by atoms with Crippen LogP contribution in [0.25, 0.3) is 11.1 Å². The monoisotopic (exact) mass is 633 g/mol. The van der Waals surface area contributed by atoms with Crippen LogP contribution in [-0.4, -0.2) is 23.0 Å². The summed E-state index contributed by atoms with van der Waals surface area (Å²) in [5.74, 6) is 3.15. The lowest BCUT2D eigenvalue weighted by Gasteiger charge is -2.41. The molecule has 0 radical (unpaired) electrons. The highest BCUT2D eigenvalue weighted by molar-refractivity contribution is 5.97. The van der Waals surface area contributed by atoms with Crippen LogP contribution in [0, 0.1) is 0 Å². The largest absolute Gasteiger partial charge is 0.472 e. The van der Waals surface area contributed by atoms with E-state index >= 15 is 0 Å². The Hall–Kier alpha value is -4.90.